The van der Waals surface area contributed by atoms with Crippen LogP contribution in [0.25, 0.3) is 5.65 Å². The summed E-state index contributed by atoms with van der Waals surface area (Å²) in [6, 6.07) is 5.82. The third kappa shape index (κ3) is 1.19. The zero-order chi connectivity index (χ0) is 10.3. The van der Waals surface area contributed by atoms with Crippen LogP contribution in [0.4, 0.5) is 0 Å². The van der Waals surface area contributed by atoms with E-state index in [-0.39, 0.29) is 5.54 Å². The minimum absolute atomic E-state index is 0.367. The van der Waals surface area contributed by atoms with E-state index in [0.717, 1.165) is 24.2 Å². The van der Waals surface area contributed by atoms with Gasteiger partial charge in [-0.15, -0.1) is 0 Å². The van der Waals surface area contributed by atoms with Gasteiger partial charge in [0.1, 0.15) is 11.2 Å². The monoisotopic (exact) mass is 199 g/mol. The molecule has 2 aromatic rings. The Kier molecular flexibility index (Phi) is 1.55. The fourth-order valence-electron chi connectivity index (χ4n) is 1.79. The van der Waals surface area contributed by atoms with E-state index in [1.807, 2.05) is 35.0 Å². The molecule has 1 aliphatic carbocycles. The molecule has 0 saturated heterocycles. The molecule has 0 unspecified atom stereocenters. The van der Waals surface area contributed by atoms with Gasteiger partial charge in [0.2, 0.25) is 6.08 Å². The van der Waals surface area contributed by atoms with Crippen LogP contribution in [-0.4, -0.2) is 15.5 Å². The first-order chi connectivity index (χ1) is 7.34. The van der Waals surface area contributed by atoms with Crippen LogP contribution >= 0.6 is 0 Å². The lowest BCUT2D eigenvalue weighted by Crippen LogP contribution is -2.01. The minimum atomic E-state index is -0.367. The number of imidazole rings is 1. The highest BCUT2D eigenvalue weighted by Crippen LogP contribution is 2.48. The summed E-state index contributed by atoms with van der Waals surface area (Å²) in [7, 11) is 0. The topological polar surface area (TPSA) is 46.7 Å². The first kappa shape index (κ1) is 8.38. The van der Waals surface area contributed by atoms with Gasteiger partial charge in [0.25, 0.3) is 0 Å². The van der Waals surface area contributed by atoms with Crippen LogP contribution < -0.4 is 0 Å². The molecule has 0 N–H and O–H groups in total. The number of carbonyl (C=O) groups excluding carboxylic acids is 1. The normalized spacial score (nSPS) is 17.3. The maximum Gasteiger partial charge on any atom is 0.235 e. The lowest BCUT2D eigenvalue weighted by atomic mass is 10.2. The number of hydrogen-bond acceptors (Lipinski definition) is 3. The number of rotatable bonds is 2. The van der Waals surface area contributed by atoms with Gasteiger partial charge < -0.3 is 4.40 Å². The molecule has 0 atom stereocenters. The van der Waals surface area contributed by atoms with E-state index in [0.29, 0.717) is 0 Å². The average Bonchev–Trinajstić information content (AvgIpc) is 2.91. The maximum absolute atomic E-state index is 10.3. The van der Waals surface area contributed by atoms with Crippen LogP contribution in [0.1, 0.15) is 18.5 Å². The molecule has 1 aliphatic rings. The Morgan fingerprint density at radius 3 is 3.00 bits per heavy atom. The summed E-state index contributed by atoms with van der Waals surface area (Å²) in [5.74, 6) is 0. The van der Waals surface area contributed by atoms with Crippen molar-refractivity contribution >= 4 is 11.7 Å². The van der Waals surface area contributed by atoms with E-state index in [4.69, 9.17) is 0 Å². The zero-order valence-electron chi connectivity index (χ0n) is 8.05. The van der Waals surface area contributed by atoms with E-state index in [1.54, 1.807) is 6.08 Å². The van der Waals surface area contributed by atoms with Gasteiger partial charge in [-0.25, -0.2) is 9.78 Å². The lowest BCUT2D eigenvalue weighted by molar-refractivity contribution is 0.555. The molecule has 0 aliphatic heterocycles. The SMILES string of the molecule is O=C=NC1(c2cn3ccccc3n2)CC1. The van der Waals surface area contributed by atoms with Gasteiger partial charge in [0, 0.05) is 12.4 Å². The Balaban J connectivity index is 2.16. The molecule has 0 radical (unpaired) electrons. The number of hydrogen-bond donors (Lipinski definition) is 0. The van der Waals surface area contributed by atoms with Crippen molar-refractivity contribution < 1.29 is 4.79 Å². The molecule has 0 aromatic carbocycles. The fourth-order valence-corrected chi connectivity index (χ4v) is 1.79. The van der Waals surface area contributed by atoms with Gasteiger partial charge in [-0.05, 0) is 25.0 Å². The number of aliphatic imine (C=N–C) groups is 1. The van der Waals surface area contributed by atoms with E-state index in [2.05, 4.69) is 9.98 Å². The van der Waals surface area contributed by atoms with Crippen molar-refractivity contribution in [2.24, 2.45) is 4.99 Å². The second-order valence-corrected chi connectivity index (χ2v) is 3.83. The smallest absolute Gasteiger partial charge is 0.235 e. The molecule has 4 heteroatoms. The van der Waals surface area contributed by atoms with Crippen molar-refractivity contribution in [2.75, 3.05) is 0 Å². The summed E-state index contributed by atoms with van der Waals surface area (Å²) in [5, 5.41) is 0. The van der Waals surface area contributed by atoms with Crippen LogP contribution in [-0.2, 0) is 10.3 Å². The van der Waals surface area contributed by atoms with Crippen molar-refractivity contribution in [2.45, 2.75) is 18.4 Å². The number of fused-ring (bicyclic) bond motifs is 1. The molecule has 0 amide bonds. The molecule has 1 fully saturated rings. The van der Waals surface area contributed by atoms with E-state index in [9.17, 15) is 4.79 Å². The van der Waals surface area contributed by atoms with Crippen LogP contribution in [0.3, 0.4) is 0 Å². The Labute approximate surface area is 86.3 Å². The van der Waals surface area contributed by atoms with Crippen LogP contribution in [0.15, 0.2) is 35.6 Å². The molecular weight excluding hydrogens is 190 g/mol. The third-order valence-corrected chi connectivity index (χ3v) is 2.82. The van der Waals surface area contributed by atoms with Crippen LogP contribution in [0, 0.1) is 0 Å². The molecule has 0 spiro atoms. The molecule has 3 rings (SSSR count). The number of pyridine rings is 1. The highest BCUT2D eigenvalue weighted by atomic mass is 16.1. The van der Waals surface area contributed by atoms with Gasteiger partial charge in [0.05, 0.1) is 5.69 Å². The Morgan fingerprint density at radius 2 is 2.33 bits per heavy atom. The first-order valence-electron chi connectivity index (χ1n) is 4.87. The van der Waals surface area contributed by atoms with E-state index < -0.39 is 0 Å². The summed E-state index contributed by atoms with van der Waals surface area (Å²) >= 11 is 0. The van der Waals surface area contributed by atoms with Gasteiger partial charge in [-0.3, -0.25) is 0 Å². The molecule has 4 nitrogen and oxygen atoms in total. The maximum atomic E-state index is 10.3. The molecule has 0 bridgehead atoms. The first-order valence-corrected chi connectivity index (χ1v) is 4.87. The molecule has 2 heterocycles. The van der Waals surface area contributed by atoms with Gasteiger partial charge in [0.15, 0.2) is 0 Å². The summed E-state index contributed by atoms with van der Waals surface area (Å²) in [6.07, 6.45) is 7.30. The summed E-state index contributed by atoms with van der Waals surface area (Å²) in [5.41, 5.74) is 1.39. The second-order valence-electron chi connectivity index (χ2n) is 3.83. The predicted molar refractivity (Wildman–Crippen MR) is 54.2 cm³/mol. The molecular formula is C11H9N3O. The van der Waals surface area contributed by atoms with E-state index >= 15 is 0 Å². The van der Waals surface area contributed by atoms with Gasteiger partial charge in [-0.2, -0.15) is 4.99 Å². The summed E-state index contributed by atoms with van der Waals surface area (Å²) in [4.78, 5) is 18.6. The second kappa shape index (κ2) is 2.78. The van der Waals surface area contributed by atoms with Crippen molar-refractivity contribution in [3.63, 3.8) is 0 Å². The predicted octanol–water partition coefficient (Wildman–Crippen LogP) is 1.66. The largest absolute Gasteiger partial charge is 0.307 e. The third-order valence-electron chi connectivity index (χ3n) is 2.82. The highest BCUT2D eigenvalue weighted by Gasteiger charge is 2.47. The quantitative estimate of drug-likeness (QED) is 0.545. The standard InChI is InChI=1S/C11H9N3O/c15-8-12-11(4-5-11)9-7-14-6-2-1-3-10(14)13-9/h1-3,6-7H,4-5H2. The van der Waals surface area contributed by atoms with Crippen molar-refractivity contribution in [3.05, 3.63) is 36.3 Å². The molecule has 74 valence electrons. The fraction of sp³-hybridized carbons (Fsp3) is 0.273. The van der Waals surface area contributed by atoms with Gasteiger partial charge in [-0.1, -0.05) is 6.07 Å². The molecule has 15 heavy (non-hydrogen) atoms. The van der Waals surface area contributed by atoms with Crippen LogP contribution in [0.5, 0.6) is 0 Å². The summed E-state index contributed by atoms with van der Waals surface area (Å²) in [6.45, 7) is 0. The average molecular weight is 199 g/mol. The van der Waals surface area contributed by atoms with Gasteiger partial charge >= 0.3 is 0 Å². The van der Waals surface area contributed by atoms with Crippen molar-refractivity contribution in [3.8, 4) is 0 Å². The van der Waals surface area contributed by atoms with Crippen molar-refractivity contribution in [1.82, 2.24) is 9.38 Å². The summed E-state index contributed by atoms with van der Waals surface area (Å²) < 4.78 is 1.94. The highest BCUT2D eigenvalue weighted by molar-refractivity contribution is 5.44. The van der Waals surface area contributed by atoms with Crippen molar-refractivity contribution in [1.29, 1.82) is 0 Å². The molecule has 2 aromatic heterocycles. The number of aromatic nitrogens is 2. The minimum Gasteiger partial charge on any atom is -0.307 e. The number of nitrogens with zero attached hydrogens (tertiary/aromatic N) is 3. The van der Waals surface area contributed by atoms with Crippen LogP contribution in [0.2, 0.25) is 0 Å². The molecule has 1 saturated carbocycles. The number of isocyanates is 1. The Bertz CT molecular complexity index is 529. The Morgan fingerprint density at radius 1 is 1.47 bits per heavy atom. The lowest BCUT2D eigenvalue weighted by Gasteiger charge is -2.00. The zero-order valence-corrected chi connectivity index (χ0v) is 8.05. The Hall–Kier alpha value is -1.93. The van der Waals surface area contributed by atoms with E-state index in [1.165, 1.54) is 0 Å².